The van der Waals surface area contributed by atoms with Crippen LogP contribution < -0.4 is 11.2 Å². The summed E-state index contributed by atoms with van der Waals surface area (Å²) < 4.78 is 1.65. The number of nitrogens with zero attached hydrogens (tertiary/aromatic N) is 3. The van der Waals surface area contributed by atoms with Crippen molar-refractivity contribution in [2.75, 3.05) is 11.5 Å². The van der Waals surface area contributed by atoms with Gasteiger partial charge in [0, 0.05) is 4.47 Å². The minimum absolute atomic E-state index is 0.211. The summed E-state index contributed by atoms with van der Waals surface area (Å²) >= 11 is 5.86. The van der Waals surface area contributed by atoms with Crippen LogP contribution in [-0.4, -0.2) is 28.1 Å². The number of benzene rings is 1. The predicted octanol–water partition coefficient (Wildman–Crippen LogP) is 2.13. The van der Waals surface area contributed by atoms with Crippen molar-refractivity contribution in [1.29, 1.82) is 0 Å². The van der Waals surface area contributed by atoms with Crippen molar-refractivity contribution in [2.24, 2.45) is 5.10 Å². The number of anilines is 1. The van der Waals surface area contributed by atoms with E-state index in [0.29, 0.717) is 9.47 Å². The number of aromatic nitrogens is 2. The monoisotopic (exact) mass is 371 g/mol. The first kappa shape index (κ1) is 14.9. The minimum Gasteiger partial charge on any atom is -0.374 e. The Kier molecular flexibility index (Phi) is 5.50. The van der Waals surface area contributed by atoms with Crippen LogP contribution in [-0.2, 0) is 4.79 Å². The summed E-state index contributed by atoms with van der Waals surface area (Å²) in [6, 6.07) is 7.58. The Morgan fingerprint density at radius 2 is 2.20 bits per heavy atom. The second-order valence-electron chi connectivity index (χ2n) is 3.54. The van der Waals surface area contributed by atoms with E-state index in [0.717, 1.165) is 10.0 Å². The first-order valence-electron chi connectivity index (χ1n) is 5.43. The largest absolute Gasteiger partial charge is 0.374 e. The molecule has 0 aliphatic heterocycles. The highest BCUT2D eigenvalue weighted by Gasteiger charge is 2.05. The number of hydrogen-bond acceptors (Lipinski definition) is 7. The molecule has 20 heavy (non-hydrogen) atoms. The first-order valence-corrected chi connectivity index (χ1v) is 8.02. The molecule has 9 heteroatoms. The zero-order valence-electron chi connectivity index (χ0n) is 10.1. The Bertz CT molecular complexity index is 614. The second kappa shape index (κ2) is 7.36. The van der Waals surface area contributed by atoms with Crippen molar-refractivity contribution in [3.63, 3.8) is 0 Å². The number of hydrogen-bond donors (Lipinski definition) is 2. The van der Waals surface area contributed by atoms with Crippen molar-refractivity contribution in [3.8, 4) is 0 Å². The lowest BCUT2D eigenvalue weighted by Crippen LogP contribution is -2.19. The maximum atomic E-state index is 11.5. The van der Waals surface area contributed by atoms with Gasteiger partial charge in [-0.1, -0.05) is 51.2 Å². The zero-order chi connectivity index (χ0) is 14.4. The van der Waals surface area contributed by atoms with Gasteiger partial charge in [-0.25, -0.2) is 5.43 Å². The summed E-state index contributed by atoms with van der Waals surface area (Å²) in [7, 11) is 0. The van der Waals surface area contributed by atoms with E-state index in [9.17, 15) is 4.79 Å². The third kappa shape index (κ3) is 4.91. The number of nitrogens with two attached hydrogens (primary N) is 1. The van der Waals surface area contributed by atoms with Gasteiger partial charge in [-0.05, 0) is 17.7 Å². The van der Waals surface area contributed by atoms with Gasteiger partial charge >= 0.3 is 0 Å². The van der Waals surface area contributed by atoms with E-state index in [4.69, 9.17) is 5.73 Å². The third-order valence-corrected chi connectivity index (χ3v) is 4.44. The Morgan fingerprint density at radius 3 is 2.85 bits per heavy atom. The van der Waals surface area contributed by atoms with E-state index >= 15 is 0 Å². The molecule has 1 aromatic heterocycles. The van der Waals surface area contributed by atoms with Gasteiger partial charge in [0.15, 0.2) is 4.34 Å². The fraction of sp³-hybridized carbons (Fsp3) is 0.0909. The molecule has 0 atom stereocenters. The van der Waals surface area contributed by atoms with E-state index in [1.165, 1.54) is 23.1 Å². The Hall–Kier alpha value is -1.45. The van der Waals surface area contributed by atoms with Crippen molar-refractivity contribution in [1.82, 2.24) is 15.6 Å². The number of thioether (sulfide) groups is 1. The molecule has 2 aromatic rings. The summed E-state index contributed by atoms with van der Waals surface area (Å²) in [5, 5.41) is 11.7. The SMILES string of the molecule is Nc1nnc(SCC(=O)NN=Cc2ccc(Br)cc2)s1. The van der Waals surface area contributed by atoms with Crippen LogP contribution in [0.4, 0.5) is 5.13 Å². The van der Waals surface area contributed by atoms with Crippen LogP contribution in [0.25, 0.3) is 0 Å². The molecule has 0 saturated carbocycles. The molecule has 0 saturated heterocycles. The van der Waals surface area contributed by atoms with E-state index in [2.05, 4.69) is 36.7 Å². The topological polar surface area (TPSA) is 93.3 Å². The molecule has 0 unspecified atom stereocenters. The third-order valence-electron chi connectivity index (χ3n) is 2.02. The predicted molar refractivity (Wildman–Crippen MR) is 84.9 cm³/mol. The Labute approximate surface area is 132 Å². The van der Waals surface area contributed by atoms with Crippen LogP contribution in [0.15, 0.2) is 38.2 Å². The molecule has 1 amide bonds. The highest BCUT2D eigenvalue weighted by molar-refractivity contribution is 9.10. The Morgan fingerprint density at radius 1 is 1.45 bits per heavy atom. The summed E-state index contributed by atoms with van der Waals surface area (Å²) in [6.45, 7) is 0. The molecule has 0 radical (unpaired) electrons. The first-order chi connectivity index (χ1) is 9.63. The van der Waals surface area contributed by atoms with Gasteiger partial charge in [-0.3, -0.25) is 4.79 Å². The van der Waals surface area contributed by atoms with Crippen LogP contribution in [0, 0.1) is 0 Å². The maximum absolute atomic E-state index is 11.5. The molecular weight excluding hydrogens is 362 g/mol. The molecule has 0 fully saturated rings. The molecule has 104 valence electrons. The smallest absolute Gasteiger partial charge is 0.250 e. The van der Waals surface area contributed by atoms with Gasteiger partial charge < -0.3 is 5.73 Å². The average molecular weight is 372 g/mol. The number of rotatable bonds is 5. The average Bonchev–Trinajstić information content (AvgIpc) is 2.85. The lowest BCUT2D eigenvalue weighted by Gasteiger charge is -1.97. The van der Waals surface area contributed by atoms with Crippen LogP contribution in [0.5, 0.6) is 0 Å². The summed E-state index contributed by atoms with van der Waals surface area (Å²) in [5.41, 5.74) is 8.79. The number of carbonyl (C=O) groups excluding carboxylic acids is 1. The number of carbonyl (C=O) groups is 1. The van der Waals surface area contributed by atoms with Crippen molar-refractivity contribution < 1.29 is 4.79 Å². The molecule has 6 nitrogen and oxygen atoms in total. The van der Waals surface area contributed by atoms with Gasteiger partial charge in [0.1, 0.15) is 0 Å². The van der Waals surface area contributed by atoms with E-state index < -0.39 is 0 Å². The van der Waals surface area contributed by atoms with Crippen LogP contribution >= 0.6 is 39.0 Å². The highest BCUT2D eigenvalue weighted by Crippen LogP contribution is 2.22. The summed E-state index contributed by atoms with van der Waals surface area (Å²) in [5.74, 6) is 0.00361. The lowest BCUT2D eigenvalue weighted by atomic mass is 10.2. The van der Waals surface area contributed by atoms with Crippen LogP contribution in [0.1, 0.15) is 5.56 Å². The Balaban J connectivity index is 1.76. The van der Waals surface area contributed by atoms with Gasteiger partial charge in [0.25, 0.3) is 5.91 Å². The molecule has 3 N–H and O–H groups in total. The summed E-state index contributed by atoms with van der Waals surface area (Å²) in [4.78, 5) is 11.5. The van der Waals surface area contributed by atoms with Crippen molar-refractivity contribution >= 4 is 56.3 Å². The molecule has 0 bridgehead atoms. The standard InChI is InChI=1S/C11H10BrN5OS2/c12-8-3-1-7(2-4-8)5-14-15-9(18)6-19-11-17-16-10(13)20-11/h1-5H,6H2,(H2,13,16)(H,15,18). The molecule has 0 spiro atoms. The molecule has 0 aliphatic rings. The zero-order valence-corrected chi connectivity index (χ0v) is 13.3. The van der Waals surface area contributed by atoms with Crippen LogP contribution in [0.3, 0.4) is 0 Å². The van der Waals surface area contributed by atoms with Gasteiger partial charge in [-0.2, -0.15) is 5.10 Å². The molecule has 0 aliphatic carbocycles. The fourth-order valence-electron chi connectivity index (χ4n) is 1.17. The maximum Gasteiger partial charge on any atom is 0.250 e. The molecular formula is C11H10BrN5OS2. The van der Waals surface area contributed by atoms with E-state index in [1.807, 2.05) is 24.3 Å². The number of nitrogen functional groups attached to an aromatic ring is 1. The molecule has 2 rings (SSSR count). The van der Waals surface area contributed by atoms with Gasteiger partial charge in [-0.15, -0.1) is 10.2 Å². The number of nitrogens with one attached hydrogen (secondary N) is 1. The van der Waals surface area contributed by atoms with Gasteiger partial charge in [0.05, 0.1) is 12.0 Å². The van der Waals surface area contributed by atoms with E-state index in [1.54, 1.807) is 6.21 Å². The van der Waals surface area contributed by atoms with E-state index in [-0.39, 0.29) is 11.7 Å². The highest BCUT2D eigenvalue weighted by atomic mass is 79.9. The van der Waals surface area contributed by atoms with Crippen LogP contribution in [0.2, 0.25) is 0 Å². The molecule has 1 aromatic carbocycles. The second-order valence-corrected chi connectivity index (χ2v) is 6.69. The van der Waals surface area contributed by atoms with Crippen molar-refractivity contribution in [3.05, 3.63) is 34.3 Å². The normalized spacial score (nSPS) is 10.8. The van der Waals surface area contributed by atoms with Crippen molar-refractivity contribution in [2.45, 2.75) is 4.34 Å². The number of halogens is 1. The minimum atomic E-state index is -0.211. The lowest BCUT2D eigenvalue weighted by molar-refractivity contribution is -0.118. The summed E-state index contributed by atoms with van der Waals surface area (Å²) in [6.07, 6.45) is 1.58. The quantitative estimate of drug-likeness (QED) is 0.477. The number of amides is 1. The number of hydrazone groups is 1. The van der Waals surface area contributed by atoms with Gasteiger partial charge in [0.2, 0.25) is 5.13 Å². The molecule has 1 heterocycles. The fourth-order valence-corrected chi connectivity index (χ4v) is 2.86.